The van der Waals surface area contributed by atoms with Crippen molar-refractivity contribution in [3.05, 3.63) is 18.1 Å². The maximum atomic E-state index is 8.84. The van der Waals surface area contributed by atoms with Crippen LogP contribution in [0.5, 0.6) is 5.88 Å². The molecule has 2 unspecified atom stereocenters. The van der Waals surface area contributed by atoms with Crippen molar-refractivity contribution in [3.63, 3.8) is 0 Å². The molecule has 0 amide bonds. The number of nitrogens with zero attached hydrogens (tertiary/aromatic N) is 3. The lowest BCUT2D eigenvalue weighted by molar-refractivity contribution is 0.137. The molecule has 0 aromatic carbocycles. The Morgan fingerprint density at radius 1 is 1.38 bits per heavy atom. The van der Waals surface area contributed by atoms with Gasteiger partial charge in [0.15, 0.2) is 0 Å². The Labute approximate surface area is 94.3 Å². The lowest BCUT2D eigenvalue weighted by Crippen LogP contribution is -2.34. The van der Waals surface area contributed by atoms with E-state index in [-0.39, 0.29) is 17.8 Å². The van der Waals surface area contributed by atoms with Gasteiger partial charge < -0.3 is 10.5 Å². The second kappa shape index (κ2) is 4.90. The minimum absolute atomic E-state index is 0.0625. The van der Waals surface area contributed by atoms with Crippen LogP contribution in [0.25, 0.3) is 0 Å². The first-order valence-corrected chi connectivity index (χ1v) is 5.43. The molecule has 1 aromatic rings. The molecule has 2 atom stereocenters. The van der Waals surface area contributed by atoms with Crippen LogP contribution in [0.1, 0.15) is 31.4 Å². The second-order valence-corrected chi connectivity index (χ2v) is 3.99. The molecule has 0 radical (unpaired) electrons. The lowest BCUT2D eigenvalue weighted by atomic mass is 9.94. The lowest BCUT2D eigenvalue weighted by Gasteiger charge is -2.26. The molecule has 2 N–H and O–H groups in total. The summed E-state index contributed by atoms with van der Waals surface area (Å²) in [5, 5.41) is 8.84. The van der Waals surface area contributed by atoms with Crippen molar-refractivity contribution in [2.45, 2.75) is 37.8 Å². The van der Waals surface area contributed by atoms with E-state index in [9.17, 15) is 0 Å². The molecule has 0 aliphatic heterocycles. The van der Waals surface area contributed by atoms with Gasteiger partial charge in [-0.3, -0.25) is 0 Å². The molecule has 1 heterocycles. The van der Waals surface area contributed by atoms with Crippen LogP contribution in [-0.4, -0.2) is 22.1 Å². The van der Waals surface area contributed by atoms with Gasteiger partial charge in [-0.05, 0) is 25.7 Å². The average molecular weight is 218 g/mol. The summed E-state index contributed by atoms with van der Waals surface area (Å²) >= 11 is 0. The Morgan fingerprint density at radius 2 is 2.19 bits per heavy atom. The van der Waals surface area contributed by atoms with Crippen molar-refractivity contribution in [1.82, 2.24) is 9.97 Å². The number of ether oxygens (including phenoxy) is 1. The number of hydrogen-bond acceptors (Lipinski definition) is 5. The molecule has 84 valence electrons. The number of hydrogen-bond donors (Lipinski definition) is 1. The molecule has 5 heteroatoms. The van der Waals surface area contributed by atoms with Crippen LogP contribution in [0.3, 0.4) is 0 Å². The third-order valence-corrected chi connectivity index (χ3v) is 2.72. The van der Waals surface area contributed by atoms with Crippen LogP contribution in [0.4, 0.5) is 0 Å². The molecule has 0 saturated heterocycles. The Morgan fingerprint density at radius 3 is 2.94 bits per heavy atom. The van der Waals surface area contributed by atoms with Crippen molar-refractivity contribution in [3.8, 4) is 11.9 Å². The maximum Gasteiger partial charge on any atom is 0.251 e. The van der Waals surface area contributed by atoms with E-state index >= 15 is 0 Å². The Hall–Kier alpha value is -1.67. The van der Waals surface area contributed by atoms with Gasteiger partial charge >= 0.3 is 0 Å². The van der Waals surface area contributed by atoms with Gasteiger partial charge in [0, 0.05) is 18.4 Å². The number of rotatable bonds is 2. The standard InChI is InChI=1S/C11H14N4O/c12-7-10-11(15-5-4-14-10)16-9-3-1-2-8(13)6-9/h4-5,8-9H,1-3,6,13H2. The zero-order valence-corrected chi connectivity index (χ0v) is 8.97. The molecular weight excluding hydrogens is 204 g/mol. The van der Waals surface area contributed by atoms with Crippen LogP contribution in [-0.2, 0) is 0 Å². The summed E-state index contributed by atoms with van der Waals surface area (Å²) in [6.45, 7) is 0. The summed E-state index contributed by atoms with van der Waals surface area (Å²) in [6, 6.07) is 2.16. The second-order valence-electron chi connectivity index (χ2n) is 3.99. The zero-order chi connectivity index (χ0) is 11.4. The van der Waals surface area contributed by atoms with E-state index in [4.69, 9.17) is 15.7 Å². The van der Waals surface area contributed by atoms with Crippen LogP contribution in [0.2, 0.25) is 0 Å². The molecule has 2 rings (SSSR count). The van der Waals surface area contributed by atoms with E-state index in [0.717, 1.165) is 25.7 Å². The molecule has 1 saturated carbocycles. The van der Waals surface area contributed by atoms with Gasteiger partial charge in [0.05, 0.1) is 0 Å². The normalized spacial score (nSPS) is 24.8. The quantitative estimate of drug-likeness (QED) is 0.800. The van der Waals surface area contributed by atoms with Gasteiger partial charge in [-0.25, -0.2) is 9.97 Å². The highest BCUT2D eigenvalue weighted by atomic mass is 16.5. The number of aromatic nitrogens is 2. The fourth-order valence-corrected chi connectivity index (χ4v) is 1.93. The third kappa shape index (κ3) is 2.47. The highest BCUT2D eigenvalue weighted by molar-refractivity contribution is 5.30. The van der Waals surface area contributed by atoms with Crippen molar-refractivity contribution in [1.29, 1.82) is 5.26 Å². The molecule has 16 heavy (non-hydrogen) atoms. The fraction of sp³-hybridized carbons (Fsp3) is 0.545. The minimum atomic E-state index is 0.0625. The zero-order valence-electron chi connectivity index (χ0n) is 8.97. The van der Waals surface area contributed by atoms with Crippen LogP contribution >= 0.6 is 0 Å². The first-order valence-electron chi connectivity index (χ1n) is 5.43. The van der Waals surface area contributed by atoms with Crippen molar-refractivity contribution >= 4 is 0 Å². The van der Waals surface area contributed by atoms with Gasteiger partial charge in [0.1, 0.15) is 12.2 Å². The van der Waals surface area contributed by atoms with Gasteiger partial charge in [-0.2, -0.15) is 5.26 Å². The monoisotopic (exact) mass is 218 g/mol. The molecule has 0 spiro atoms. The summed E-state index contributed by atoms with van der Waals surface area (Å²) in [7, 11) is 0. The predicted octanol–water partition coefficient (Wildman–Crippen LogP) is 0.997. The summed E-state index contributed by atoms with van der Waals surface area (Å²) in [5.74, 6) is 0.323. The summed E-state index contributed by atoms with van der Waals surface area (Å²) in [4.78, 5) is 7.92. The summed E-state index contributed by atoms with van der Waals surface area (Å²) in [5.41, 5.74) is 6.11. The van der Waals surface area contributed by atoms with Gasteiger partial charge in [0.25, 0.3) is 5.88 Å². The van der Waals surface area contributed by atoms with E-state index in [2.05, 4.69) is 9.97 Å². The van der Waals surface area contributed by atoms with Gasteiger partial charge in [-0.15, -0.1) is 0 Å². The van der Waals surface area contributed by atoms with E-state index in [1.165, 1.54) is 12.4 Å². The smallest absolute Gasteiger partial charge is 0.251 e. The van der Waals surface area contributed by atoms with E-state index in [1.807, 2.05) is 6.07 Å². The molecule has 1 fully saturated rings. The highest BCUT2D eigenvalue weighted by Gasteiger charge is 2.22. The first-order chi connectivity index (χ1) is 7.79. The molecule has 1 aliphatic rings. The Kier molecular flexibility index (Phi) is 3.32. The van der Waals surface area contributed by atoms with Crippen LogP contribution < -0.4 is 10.5 Å². The SMILES string of the molecule is N#Cc1nccnc1OC1CCCC(N)C1. The van der Waals surface area contributed by atoms with Gasteiger partial charge in [-0.1, -0.05) is 0 Å². The van der Waals surface area contributed by atoms with Crippen molar-refractivity contribution < 1.29 is 4.74 Å². The topological polar surface area (TPSA) is 84.8 Å². The summed E-state index contributed by atoms with van der Waals surface area (Å²) in [6.07, 6.45) is 6.97. The molecule has 0 bridgehead atoms. The first kappa shape index (κ1) is 10.8. The van der Waals surface area contributed by atoms with Crippen molar-refractivity contribution in [2.75, 3.05) is 0 Å². The molecule has 5 nitrogen and oxygen atoms in total. The molecular formula is C11H14N4O. The summed E-state index contributed by atoms with van der Waals surface area (Å²) < 4.78 is 5.67. The highest BCUT2D eigenvalue weighted by Crippen LogP contribution is 2.22. The Balaban J connectivity index is 2.06. The van der Waals surface area contributed by atoms with E-state index < -0.39 is 0 Å². The van der Waals surface area contributed by atoms with Gasteiger partial charge in [0.2, 0.25) is 5.69 Å². The molecule has 1 aromatic heterocycles. The van der Waals surface area contributed by atoms with Crippen LogP contribution in [0, 0.1) is 11.3 Å². The minimum Gasteiger partial charge on any atom is -0.472 e. The maximum absolute atomic E-state index is 8.84. The third-order valence-electron chi connectivity index (χ3n) is 2.72. The molecule has 1 aliphatic carbocycles. The average Bonchev–Trinajstić information content (AvgIpc) is 2.30. The van der Waals surface area contributed by atoms with E-state index in [0.29, 0.717) is 5.88 Å². The largest absolute Gasteiger partial charge is 0.472 e. The number of nitriles is 1. The predicted molar refractivity (Wildman–Crippen MR) is 57.6 cm³/mol. The van der Waals surface area contributed by atoms with Crippen LogP contribution in [0.15, 0.2) is 12.4 Å². The fourth-order valence-electron chi connectivity index (χ4n) is 1.93. The van der Waals surface area contributed by atoms with E-state index in [1.54, 1.807) is 0 Å². The number of nitrogens with two attached hydrogens (primary N) is 1. The van der Waals surface area contributed by atoms with Crippen molar-refractivity contribution in [2.24, 2.45) is 5.73 Å². The Bertz CT molecular complexity index is 401.